The highest BCUT2D eigenvalue weighted by Crippen LogP contribution is 2.22. The number of hydrogen-bond donors (Lipinski definition) is 0. The van der Waals surface area contributed by atoms with Crippen LogP contribution in [0.2, 0.25) is 5.15 Å². The quantitative estimate of drug-likeness (QED) is 0.754. The highest BCUT2D eigenvalue weighted by Gasteiger charge is 2.05. The smallest absolute Gasteiger partial charge is 0.224 e. The van der Waals surface area contributed by atoms with E-state index >= 15 is 0 Å². The Morgan fingerprint density at radius 3 is 2.55 bits per heavy atom. The minimum Gasteiger partial charge on any atom is -0.439 e. The lowest BCUT2D eigenvalue weighted by Crippen LogP contribution is -1.99. The molecule has 0 radical (unpaired) electrons. The molecule has 0 aliphatic carbocycles. The van der Waals surface area contributed by atoms with Gasteiger partial charge in [0.05, 0.1) is 0 Å². The molecule has 0 aliphatic heterocycles. The van der Waals surface area contributed by atoms with E-state index in [2.05, 4.69) is 29.0 Å². The standard InChI is InChI=1S/C15H17ClN2O2/c1-3-4-11-5-7-12(8-6-11)20-15-9-13(16)17-14(18-15)10-19-2/h5-9H,3-4,10H2,1-2H3. The molecule has 1 aromatic carbocycles. The molecule has 0 spiro atoms. The average Bonchev–Trinajstić information content (AvgIpc) is 2.41. The molecule has 0 saturated carbocycles. The summed E-state index contributed by atoms with van der Waals surface area (Å²) in [5.41, 5.74) is 1.29. The van der Waals surface area contributed by atoms with Gasteiger partial charge in [0.1, 0.15) is 17.5 Å². The molecule has 1 heterocycles. The third kappa shape index (κ3) is 4.18. The number of ether oxygens (including phenoxy) is 2. The van der Waals surface area contributed by atoms with Crippen LogP contribution < -0.4 is 4.74 Å². The van der Waals surface area contributed by atoms with Crippen LogP contribution in [0.4, 0.5) is 0 Å². The molecular formula is C15H17ClN2O2. The summed E-state index contributed by atoms with van der Waals surface area (Å²) in [5, 5.41) is 0.338. The van der Waals surface area contributed by atoms with Crippen LogP contribution in [0.3, 0.4) is 0 Å². The maximum atomic E-state index is 5.93. The van der Waals surface area contributed by atoms with Crippen molar-refractivity contribution in [3.8, 4) is 11.6 Å². The van der Waals surface area contributed by atoms with E-state index in [1.165, 1.54) is 5.56 Å². The summed E-state index contributed by atoms with van der Waals surface area (Å²) in [6.07, 6.45) is 2.19. The van der Waals surface area contributed by atoms with Crippen molar-refractivity contribution < 1.29 is 9.47 Å². The van der Waals surface area contributed by atoms with Crippen molar-refractivity contribution in [3.05, 3.63) is 46.9 Å². The van der Waals surface area contributed by atoms with Gasteiger partial charge in [-0.3, -0.25) is 0 Å². The number of methoxy groups -OCH3 is 1. The second kappa shape index (κ2) is 7.22. The van der Waals surface area contributed by atoms with Crippen molar-refractivity contribution in [2.24, 2.45) is 0 Å². The van der Waals surface area contributed by atoms with Crippen LogP contribution in [0.25, 0.3) is 0 Å². The SMILES string of the molecule is CCCc1ccc(Oc2cc(Cl)nc(COC)n2)cc1. The van der Waals surface area contributed by atoms with Crippen molar-refractivity contribution in [1.82, 2.24) is 9.97 Å². The maximum absolute atomic E-state index is 5.93. The van der Waals surface area contributed by atoms with Crippen LogP contribution in [-0.4, -0.2) is 17.1 Å². The van der Waals surface area contributed by atoms with Gasteiger partial charge >= 0.3 is 0 Å². The molecule has 20 heavy (non-hydrogen) atoms. The van der Waals surface area contributed by atoms with E-state index in [1.807, 2.05) is 12.1 Å². The first-order chi connectivity index (χ1) is 9.71. The second-order valence-corrected chi connectivity index (χ2v) is 4.76. The molecule has 1 aromatic heterocycles. The van der Waals surface area contributed by atoms with Crippen molar-refractivity contribution in [2.45, 2.75) is 26.4 Å². The van der Waals surface area contributed by atoms with Crippen LogP contribution >= 0.6 is 11.6 Å². The zero-order valence-corrected chi connectivity index (χ0v) is 12.4. The van der Waals surface area contributed by atoms with Gasteiger partial charge in [0, 0.05) is 13.2 Å². The molecule has 106 valence electrons. The zero-order valence-electron chi connectivity index (χ0n) is 11.6. The number of rotatable bonds is 6. The minimum atomic E-state index is 0.298. The van der Waals surface area contributed by atoms with Crippen LogP contribution in [0.1, 0.15) is 24.7 Å². The van der Waals surface area contributed by atoms with Crippen molar-refractivity contribution >= 4 is 11.6 Å². The zero-order chi connectivity index (χ0) is 14.4. The molecule has 2 aromatic rings. The minimum absolute atomic E-state index is 0.298. The lowest BCUT2D eigenvalue weighted by molar-refractivity contribution is 0.177. The first-order valence-corrected chi connectivity index (χ1v) is 6.88. The summed E-state index contributed by atoms with van der Waals surface area (Å²) in [5.74, 6) is 1.64. The molecule has 0 amide bonds. The molecule has 0 unspecified atom stereocenters. The van der Waals surface area contributed by atoms with E-state index in [9.17, 15) is 0 Å². The highest BCUT2D eigenvalue weighted by atomic mass is 35.5. The second-order valence-electron chi connectivity index (χ2n) is 4.37. The molecular weight excluding hydrogens is 276 g/mol. The highest BCUT2D eigenvalue weighted by molar-refractivity contribution is 6.29. The first kappa shape index (κ1) is 14.8. The molecule has 5 heteroatoms. The predicted molar refractivity (Wildman–Crippen MR) is 78.3 cm³/mol. The summed E-state index contributed by atoms with van der Waals surface area (Å²) in [4.78, 5) is 8.29. The summed E-state index contributed by atoms with van der Waals surface area (Å²) in [7, 11) is 1.58. The van der Waals surface area contributed by atoms with Crippen LogP contribution in [0, 0.1) is 0 Å². The van der Waals surface area contributed by atoms with Gasteiger partial charge in [-0.05, 0) is 24.1 Å². The normalized spacial score (nSPS) is 10.6. The topological polar surface area (TPSA) is 44.2 Å². The van der Waals surface area contributed by atoms with Gasteiger partial charge in [-0.25, -0.2) is 4.98 Å². The molecule has 4 nitrogen and oxygen atoms in total. The summed E-state index contributed by atoms with van der Waals surface area (Å²) < 4.78 is 10.7. The first-order valence-electron chi connectivity index (χ1n) is 6.50. The Labute approximate surface area is 123 Å². The van der Waals surface area contributed by atoms with Crippen LogP contribution in [0.5, 0.6) is 11.6 Å². The lowest BCUT2D eigenvalue weighted by Gasteiger charge is -2.07. The van der Waals surface area contributed by atoms with Crippen molar-refractivity contribution in [1.29, 1.82) is 0 Å². The molecule has 0 aliphatic rings. The van der Waals surface area contributed by atoms with Crippen LogP contribution in [-0.2, 0) is 17.8 Å². The Morgan fingerprint density at radius 2 is 1.90 bits per heavy atom. The van der Waals surface area contributed by atoms with E-state index in [-0.39, 0.29) is 0 Å². The number of benzene rings is 1. The van der Waals surface area contributed by atoms with Crippen LogP contribution in [0.15, 0.2) is 30.3 Å². The van der Waals surface area contributed by atoms with Gasteiger partial charge in [0.15, 0.2) is 5.82 Å². The number of halogens is 1. The third-order valence-electron chi connectivity index (χ3n) is 2.68. The van der Waals surface area contributed by atoms with E-state index in [0.29, 0.717) is 23.5 Å². The van der Waals surface area contributed by atoms with E-state index in [0.717, 1.165) is 18.6 Å². The van der Waals surface area contributed by atoms with Gasteiger partial charge in [-0.15, -0.1) is 0 Å². The largest absolute Gasteiger partial charge is 0.439 e. The van der Waals surface area contributed by atoms with E-state index < -0.39 is 0 Å². The fourth-order valence-electron chi connectivity index (χ4n) is 1.82. The Morgan fingerprint density at radius 1 is 1.15 bits per heavy atom. The number of hydrogen-bond acceptors (Lipinski definition) is 4. The van der Waals surface area contributed by atoms with Gasteiger partial charge < -0.3 is 9.47 Å². The summed E-state index contributed by atoms with van der Waals surface area (Å²) >= 11 is 5.93. The lowest BCUT2D eigenvalue weighted by atomic mass is 10.1. The molecule has 0 fully saturated rings. The number of aryl methyl sites for hydroxylation is 1. The Hall–Kier alpha value is -1.65. The number of aromatic nitrogens is 2. The predicted octanol–water partition coefficient (Wildman–Crippen LogP) is 4.02. The fraction of sp³-hybridized carbons (Fsp3) is 0.333. The molecule has 0 saturated heterocycles. The molecule has 0 N–H and O–H groups in total. The Bertz CT molecular complexity index is 558. The molecule has 2 rings (SSSR count). The van der Waals surface area contributed by atoms with Gasteiger partial charge in [-0.1, -0.05) is 37.1 Å². The van der Waals surface area contributed by atoms with Crippen molar-refractivity contribution in [3.63, 3.8) is 0 Å². The summed E-state index contributed by atoms with van der Waals surface area (Å²) in [6.45, 7) is 2.46. The Kier molecular flexibility index (Phi) is 5.32. The van der Waals surface area contributed by atoms with E-state index in [1.54, 1.807) is 13.2 Å². The third-order valence-corrected chi connectivity index (χ3v) is 2.87. The molecule has 0 bridgehead atoms. The molecule has 0 atom stereocenters. The monoisotopic (exact) mass is 292 g/mol. The van der Waals surface area contributed by atoms with Gasteiger partial charge in [0.2, 0.25) is 5.88 Å². The number of nitrogens with zero attached hydrogens (tertiary/aromatic N) is 2. The summed E-state index contributed by atoms with van der Waals surface area (Å²) in [6, 6.07) is 9.55. The van der Waals surface area contributed by atoms with Crippen molar-refractivity contribution in [2.75, 3.05) is 7.11 Å². The Balaban J connectivity index is 2.12. The van der Waals surface area contributed by atoms with Gasteiger partial charge in [0.25, 0.3) is 0 Å². The van der Waals surface area contributed by atoms with Gasteiger partial charge in [-0.2, -0.15) is 4.98 Å². The fourth-order valence-corrected chi connectivity index (χ4v) is 2.01. The average molecular weight is 293 g/mol. The maximum Gasteiger partial charge on any atom is 0.224 e. The van der Waals surface area contributed by atoms with E-state index in [4.69, 9.17) is 21.1 Å².